The van der Waals surface area contributed by atoms with E-state index in [-0.39, 0.29) is 35.9 Å². The van der Waals surface area contributed by atoms with Crippen LogP contribution >= 0.6 is 0 Å². The van der Waals surface area contributed by atoms with E-state index in [4.69, 9.17) is 0 Å². The molecule has 0 spiro atoms. The molecule has 4 rings (SSSR count). The minimum Gasteiger partial charge on any atom is -0.333 e. The van der Waals surface area contributed by atoms with E-state index >= 15 is 0 Å². The predicted octanol–water partition coefficient (Wildman–Crippen LogP) is 2.03. The lowest BCUT2D eigenvalue weighted by molar-refractivity contribution is -0.140. The predicted molar refractivity (Wildman–Crippen MR) is 96.5 cm³/mol. The van der Waals surface area contributed by atoms with Gasteiger partial charge < -0.3 is 4.90 Å². The molecule has 1 amide bonds. The molecular formula is C19H20FN3O3S. The lowest BCUT2D eigenvalue weighted by Gasteiger charge is -2.39. The Labute approximate surface area is 157 Å². The minimum absolute atomic E-state index is 0.0197. The normalized spacial score (nSPS) is 18.1. The summed E-state index contributed by atoms with van der Waals surface area (Å²) < 4.78 is 39.4. The highest BCUT2D eigenvalue weighted by Crippen LogP contribution is 2.33. The number of hydrogen-bond acceptors (Lipinski definition) is 4. The molecule has 0 N–H and O–H groups in total. The Hall–Kier alpha value is -2.32. The van der Waals surface area contributed by atoms with Gasteiger partial charge in [-0.2, -0.15) is 4.31 Å². The monoisotopic (exact) mass is 389 g/mol. The fourth-order valence-corrected chi connectivity index (χ4v) is 4.75. The molecule has 2 heterocycles. The molecule has 6 nitrogen and oxygen atoms in total. The second kappa shape index (κ2) is 7.01. The second-order valence-corrected chi connectivity index (χ2v) is 8.93. The Balaban J connectivity index is 1.42. The van der Waals surface area contributed by atoms with Gasteiger partial charge in [-0.15, -0.1) is 0 Å². The highest BCUT2D eigenvalue weighted by atomic mass is 32.2. The van der Waals surface area contributed by atoms with Gasteiger partial charge in [-0.3, -0.25) is 9.78 Å². The maximum atomic E-state index is 13.0. The third-order valence-electron chi connectivity index (χ3n) is 4.98. The van der Waals surface area contributed by atoms with Gasteiger partial charge in [0, 0.05) is 25.3 Å². The van der Waals surface area contributed by atoms with Gasteiger partial charge in [0.05, 0.1) is 23.1 Å². The van der Waals surface area contributed by atoms with Crippen LogP contribution in [0.4, 0.5) is 4.39 Å². The van der Waals surface area contributed by atoms with E-state index in [2.05, 4.69) is 4.98 Å². The smallest absolute Gasteiger partial charge is 0.243 e. The first-order valence-electron chi connectivity index (χ1n) is 8.91. The molecule has 0 radical (unpaired) electrons. The summed E-state index contributed by atoms with van der Waals surface area (Å²) in [5.74, 6) is -0.849. The van der Waals surface area contributed by atoms with E-state index in [1.807, 2.05) is 23.1 Å². The molecule has 2 aromatic rings. The zero-order chi connectivity index (χ0) is 19.0. The van der Waals surface area contributed by atoms with Crippen molar-refractivity contribution in [2.45, 2.75) is 30.3 Å². The number of benzene rings is 1. The summed E-state index contributed by atoms with van der Waals surface area (Å²) in [7, 11) is -3.69. The maximum Gasteiger partial charge on any atom is 0.243 e. The highest BCUT2D eigenvalue weighted by Gasteiger charge is 2.44. The second-order valence-electron chi connectivity index (χ2n) is 6.99. The number of halogens is 1. The van der Waals surface area contributed by atoms with Crippen molar-refractivity contribution >= 4 is 15.9 Å². The van der Waals surface area contributed by atoms with E-state index in [1.165, 1.54) is 16.4 Å². The Morgan fingerprint density at radius 2 is 1.85 bits per heavy atom. The number of nitrogens with zero attached hydrogens (tertiary/aromatic N) is 3. The van der Waals surface area contributed by atoms with Gasteiger partial charge in [0.15, 0.2) is 0 Å². The van der Waals surface area contributed by atoms with E-state index in [9.17, 15) is 17.6 Å². The quantitative estimate of drug-likeness (QED) is 0.758. The zero-order valence-corrected chi connectivity index (χ0v) is 15.5. The molecule has 2 aliphatic rings. The molecule has 1 aliphatic heterocycles. The first-order chi connectivity index (χ1) is 12.9. The number of sulfonamides is 1. The molecule has 1 saturated carbocycles. The molecule has 2 fully saturated rings. The SMILES string of the molecule is O=C(C1CN(S(=O)(=O)c2ccc(F)cc2)C1)N(Cc1ccccn1)C1CC1. The summed E-state index contributed by atoms with van der Waals surface area (Å²) in [6.45, 7) is 0.763. The minimum atomic E-state index is -3.69. The van der Waals surface area contributed by atoms with Crippen LogP contribution < -0.4 is 0 Å². The Kier molecular flexibility index (Phi) is 4.69. The number of rotatable bonds is 6. The number of carbonyl (C=O) groups excluding carboxylic acids is 1. The van der Waals surface area contributed by atoms with Crippen LogP contribution in [-0.4, -0.2) is 47.6 Å². The number of amides is 1. The third-order valence-corrected chi connectivity index (χ3v) is 6.82. The lowest BCUT2D eigenvalue weighted by atomic mass is 10.0. The van der Waals surface area contributed by atoms with Crippen LogP contribution in [-0.2, 0) is 21.4 Å². The molecule has 0 atom stereocenters. The van der Waals surface area contributed by atoms with Crippen LogP contribution in [0.3, 0.4) is 0 Å². The molecule has 1 aliphatic carbocycles. The number of aromatic nitrogens is 1. The maximum absolute atomic E-state index is 13.0. The van der Waals surface area contributed by atoms with E-state index in [0.717, 1.165) is 30.7 Å². The van der Waals surface area contributed by atoms with Crippen LogP contribution in [0, 0.1) is 11.7 Å². The van der Waals surface area contributed by atoms with Gasteiger partial charge in [0.1, 0.15) is 5.82 Å². The van der Waals surface area contributed by atoms with Crippen LogP contribution in [0.1, 0.15) is 18.5 Å². The van der Waals surface area contributed by atoms with Gasteiger partial charge in [-0.05, 0) is 49.2 Å². The molecule has 1 aromatic carbocycles. The van der Waals surface area contributed by atoms with Crippen LogP contribution in [0.5, 0.6) is 0 Å². The fraction of sp³-hybridized carbons (Fsp3) is 0.368. The molecule has 27 heavy (non-hydrogen) atoms. The molecule has 1 aromatic heterocycles. The van der Waals surface area contributed by atoms with Gasteiger partial charge in [-0.25, -0.2) is 12.8 Å². The van der Waals surface area contributed by atoms with Crippen molar-refractivity contribution in [3.05, 3.63) is 60.2 Å². The first kappa shape index (κ1) is 18.1. The van der Waals surface area contributed by atoms with Crippen molar-refractivity contribution < 1.29 is 17.6 Å². The summed E-state index contributed by atoms with van der Waals surface area (Å²) in [5.41, 5.74) is 0.827. The number of hydrogen-bond donors (Lipinski definition) is 0. The summed E-state index contributed by atoms with van der Waals surface area (Å²) in [6, 6.07) is 10.6. The van der Waals surface area contributed by atoms with Crippen LogP contribution in [0.25, 0.3) is 0 Å². The third kappa shape index (κ3) is 3.72. The molecule has 0 unspecified atom stereocenters. The molecular weight excluding hydrogens is 369 g/mol. The largest absolute Gasteiger partial charge is 0.333 e. The van der Waals surface area contributed by atoms with Gasteiger partial charge in [0.2, 0.25) is 15.9 Å². The van der Waals surface area contributed by atoms with Crippen LogP contribution in [0.15, 0.2) is 53.6 Å². The Morgan fingerprint density at radius 1 is 1.15 bits per heavy atom. The van der Waals surface area contributed by atoms with Crippen molar-refractivity contribution in [1.29, 1.82) is 0 Å². The van der Waals surface area contributed by atoms with Crippen molar-refractivity contribution in [1.82, 2.24) is 14.2 Å². The first-order valence-corrected chi connectivity index (χ1v) is 10.4. The fourth-order valence-electron chi connectivity index (χ4n) is 3.22. The molecule has 0 bridgehead atoms. The topological polar surface area (TPSA) is 70.6 Å². The van der Waals surface area contributed by atoms with E-state index < -0.39 is 15.8 Å². The average Bonchev–Trinajstić information content (AvgIpc) is 3.44. The van der Waals surface area contributed by atoms with Crippen LogP contribution in [0.2, 0.25) is 0 Å². The van der Waals surface area contributed by atoms with E-state index in [1.54, 1.807) is 6.20 Å². The summed E-state index contributed by atoms with van der Waals surface area (Å²) in [4.78, 5) is 19.0. The van der Waals surface area contributed by atoms with E-state index in [0.29, 0.717) is 6.54 Å². The average molecular weight is 389 g/mol. The summed E-state index contributed by atoms with van der Waals surface area (Å²) in [6.07, 6.45) is 3.65. The number of pyridine rings is 1. The van der Waals surface area contributed by atoms with Crippen molar-refractivity contribution in [2.75, 3.05) is 13.1 Å². The highest BCUT2D eigenvalue weighted by molar-refractivity contribution is 7.89. The summed E-state index contributed by atoms with van der Waals surface area (Å²) in [5, 5.41) is 0. The lowest BCUT2D eigenvalue weighted by Crippen LogP contribution is -2.56. The Morgan fingerprint density at radius 3 is 2.44 bits per heavy atom. The van der Waals surface area contributed by atoms with Gasteiger partial charge >= 0.3 is 0 Å². The van der Waals surface area contributed by atoms with Crippen molar-refractivity contribution in [2.24, 2.45) is 5.92 Å². The van der Waals surface area contributed by atoms with Crippen molar-refractivity contribution in [3.63, 3.8) is 0 Å². The number of carbonyl (C=O) groups is 1. The molecule has 142 valence electrons. The molecule has 8 heteroatoms. The van der Waals surface area contributed by atoms with Crippen molar-refractivity contribution in [3.8, 4) is 0 Å². The summed E-state index contributed by atoms with van der Waals surface area (Å²) >= 11 is 0. The zero-order valence-electron chi connectivity index (χ0n) is 14.7. The van der Waals surface area contributed by atoms with Gasteiger partial charge in [0.25, 0.3) is 0 Å². The Bertz CT molecular complexity index is 924. The molecule has 1 saturated heterocycles. The van der Waals surface area contributed by atoms with Gasteiger partial charge in [-0.1, -0.05) is 6.07 Å². The standard InChI is InChI=1S/C19H20FN3O3S/c20-15-4-8-18(9-5-15)27(25,26)22-11-14(12-22)19(24)23(17-6-7-17)13-16-3-1-2-10-21-16/h1-5,8-10,14,17H,6-7,11-13H2.